The highest BCUT2D eigenvalue weighted by molar-refractivity contribution is 5.79. The Kier molecular flexibility index (Phi) is 9.15. The Morgan fingerprint density at radius 3 is 2.41 bits per heavy atom. The van der Waals surface area contributed by atoms with E-state index in [9.17, 15) is 4.79 Å². The fourth-order valence-electron chi connectivity index (χ4n) is 4.41. The molecule has 162 valence electrons. The number of carbonyl (C=O) groups excluding carboxylic acids is 1. The summed E-state index contributed by atoms with van der Waals surface area (Å²) >= 11 is 0. The van der Waals surface area contributed by atoms with Crippen molar-refractivity contribution in [1.29, 1.82) is 0 Å². The number of carbonyl (C=O) groups is 1. The molecule has 2 heterocycles. The number of hydrogen-bond donors (Lipinski definition) is 0. The van der Waals surface area contributed by atoms with Crippen LogP contribution in [0.1, 0.15) is 70.4 Å². The van der Waals surface area contributed by atoms with Crippen LogP contribution in [-0.2, 0) is 9.53 Å². The van der Waals surface area contributed by atoms with E-state index in [1.165, 1.54) is 56.7 Å². The molecule has 2 aliphatic rings. The van der Waals surface area contributed by atoms with E-state index in [-0.39, 0.29) is 29.1 Å². The lowest BCUT2D eigenvalue weighted by Crippen LogP contribution is -3.00. The maximum Gasteiger partial charge on any atom is 0.302 e. The van der Waals surface area contributed by atoms with Crippen LogP contribution in [0.2, 0.25) is 0 Å². The van der Waals surface area contributed by atoms with Gasteiger partial charge in [-0.15, -0.1) is 0 Å². The van der Waals surface area contributed by atoms with Gasteiger partial charge in [0.05, 0.1) is 32.4 Å². The normalized spacial score (nSPS) is 24.9. The molecule has 1 aromatic heterocycles. The molecule has 1 aromatic carbocycles. The standard InChI is InChI=1S/C13H15NO.C10H20NO2.BrH/c1-2-6-10(7-3-1)13-11-8-4-5-9-12(11)15-14-13;1-4-11(3)7-5-10(6-8-11)13-9(2)12;/h4-5,8-10H,1-3,6-7H2;10H,4-8H2,1-3H3;1H/q;+1;/p-1. The van der Waals surface area contributed by atoms with E-state index >= 15 is 0 Å². The van der Waals surface area contributed by atoms with Crippen molar-refractivity contribution < 1.29 is 35.5 Å². The number of fused-ring (bicyclic) bond motifs is 1. The van der Waals surface area contributed by atoms with Gasteiger partial charge in [0, 0.05) is 31.1 Å². The first-order chi connectivity index (χ1) is 13.5. The van der Waals surface area contributed by atoms with E-state index < -0.39 is 0 Å². The van der Waals surface area contributed by atoms with Crippen molar-refractivity contribution >= 4 is 16.9 Å². The topological polar surface area (TPSA) is 52.3 Å². The van der Waals surface area contributed by atoms with Crippen molar-refractivity contribution in [1.82, 2.24) is 5.16 Å². The number of likely N-dealkylation sites (tertiary alicyclic amines) is 1. The van der Waals surface area contributed by atoms with Gasteiger partial charge in [0.15, 0.2) is 5.58 Å². The molecular weight excluding hydrogens is 432 g/mol. The van der Waals surface area contributed by atoms with E-state index in [0.717, 1.165) is 36.0 Å². The minimum atomic E-state index is -0.141. The summed E-state index contributed by atoms with van der Waals surface area (Å²) in [5.74, 6) is 0.486. The van der Waals surface area contributed by atoms with Gasteiger partial charge in [0.1, 0.15) is 6.10 Å². The minimum Gasteiger partial charge on any atom is -1.00 e. The molecule has 2 aromatic rings. The molecule has 2 fully saturated rings. The number of benzene rings is 1. The molecule has 0 N–H and O–H groups in total. The zero-order valence-corrected chi connectivity index (χ0v) is 19.6. The number of quaternary nitrogens is 1. The van der Waals surface area contributed by atoms with Crippen molar-refractivity contribution in [3.63, 3.8) is 0 Å². The smallest absolute Gasteiger partial charge is 0.302 e. The molecule has 0 spiro atoms. The molecule has 0 radical (unpaired) electrons. The third-order valence-corrected chi connectivity index (χ3v) is 6.48. The zero-order valence-electron chi connectivity index (χ0n) is 18.0. The Balaban J connectivity index is 0.000000203. The summed E-state index contributed by atoms with van der Waals surface area (Å²) in [5.41, 5.74) is 2.11. The Bertz CT molecular complexity index is 762. The number of esters is 1. The average Bonchev–Trinajstić information content (AvgIpc) is 3.15. The summed E-state index contributed by atoms with van der Waals surface area (Å²) in [4.78, 5) is 10.7. The Morgan fingerprint density at radius 2 is 1.79 bits per heavy atom. The molecule has 0 bridgehead atoms. The first-order valence-corrected chi connectivity index (χ1v) is 10.9. The van der Waals surface area contributed by atoms with Gasteiger partial charge in [0.25, 0.3) is 0 Å². The van der Waals surface area contributed by atoms with Gasteiger partial charge in [-0.2, -0.15) is 0 Å². The Morgan fingerprint density at radius 1 is 1.14 bits per heavy atom. The molecule has 0 unspecified atom stereocenters. The summed E-state index contributed by atoms with van der Waals surface area (Å²) in [6.07, 6.45) is 8.82. The fourth-order valence-corrected chi connectivity index (χ4v) is 4.41. The molecule has 1 aliphatic carbocycles. The van der Waals surface area contributed by atoms with Crippen LogP contribution in [0.5, 0.6) is 0 Å². The van der Waals surface area contributed by atoms with Crippen molar-refractivity contribution in [3.05, 3.63) is 30.0 Å². The van der Waals surface area contributed by atoms with Gasteiger partial charge in [-0.3, -0.25) is 4.79 Å². The molecule has 6 heteroatoms. The number of piperidine rings is 1. The van der Waals surface area contributed by atoms with Crippen LogP contribution in [0.15, 0.2) is 28.8 Å². The number of ether oxygens (including phenoxy) is 1. The predicted molar refractivity (Wildman–Crippen MR) is 111 cm³/mol. The molecule has 0 atom stereocenters. The molecule has 4 rings (SSSR count). The lowest BCUT2D eigenvalue weighted by atomic mass is 9.86. The van der Waals surface area contributed by atoms with E-state index in [1.54, 1.807) is 0 Å². The zero-order chi connectivity index (χ0) is 20.0. The first-order valence-electron chi connectivity index (χ1n) is 10.9. The van der Waals surface area contributed by atoms with Crippen LogP contribution >= 0.6 is 0 Å². The first kappa shape index (κ1) is 23.9. The van der Waals surface area contributed by atoms with Crippen LogP contribution in [-0.4, -0.2) is 48.4 Å². The molecule has 1 aliphatic heterocycles. The van der Waals surface area contributed by atoms with Crippen molar-refractivity contribution in [2.24, 2.45) is 0 Å². The second-order valence-electron chi connectivity index (χ2n) is 8.59. The van der Waals surface area contributed by atoms with E-state index in [1.807, 2.05) is 12.1 Å². The summed E-state index contributed by atoms with van der Waals surface area (Å²) in [7, 11) is 2.27. The summed E-state index contributed by atoms with van der Waals surface area (Å²) in [5, 5.41) is 5.46. The highest BCUT2D eigenvalue weighted by Crippen LogP contribution is 2.35. The van der Waals surface area contributed by atoms with Crippen LogP contribution in [0.3, 0.4) is 0 Å². The molecule has 5 nitrogen and oxygen atoms in total. The monoisotopic (exact) mass is 466 g/mol. The lowest BCUT2D eigenvalue weighted by molar-refractivity contribution is -0.913. The van der Waals surface area contributed by atoms with Crippen LogP contribution < -0.4 is 17.0 Å². The third kappa shape index (κ3) is 6.54. The van der Waals surface area contributed by atoms with Crippen LogP contribution in [0.25, 0.3) is 11.0 Å². The maximum atomic E-state index is 10.7. The summed E-state index contributed by atoms with van der Waals surface area (Å²) in [6, 6.07) is 8.18. The van der Waals surface area contributed by atoms with Crippen molar-refractivity contribution in [3.8, 4) is 0 Å². The number of halogens is 1. The largest absolute Gasteiger partial charge is 1.00 e. The third-order valence-electron chi connectivity index (χ3n) is 6.48. The van der Waals surface area contributed by atoms with Crippen LogP contribution in [0, 0.1) is 0 Å². The summed E-state index contributed by atoms with van der Waals surface area (Å²) < 4.78 is 11.7. The second-order valence-corrected chi connectivity index (χ2v) is 8.59. The minimum absolute atomic E-state index is 0. The Hall–Kier alpha value is -1.40. The number of hydrogen-bond acceptors (Lipinski definition) is 4. The number of para-hydroxylation sites is 1. The quantitative estimate of drug-likeness (QED) is 0.513. The van der Waals surface area contributed by atoms with Crippen molar-refractivity contribution in [2.45, 2.75) is 70.8 Å². The molecular formula is C23H35BrN2O3. The van der Waals surface area contributed by atoms with Gasteiger partial charge < -0.3 is 30.7 Å². The van der Waals surface area contributed by atoms with Gasteiger partial charge >= 0.3 is 5.97 Å². The molecule has 1 saturated carbocycles. The number of nitrogens with zero attached hydrogens (tertiary/aromatic N) is 2. The molecule has 0 amide bonds. The number of rotatable bonds is 3. The fraction of sp³-hybridized carbons (Fsp3) is 0.652. The van der Waals surface area contributed by atoms with E-state index in [0.29, 0.717) is 5.92 Å². The number of aromatic nitrogens is 1. The SMILES string of the molecule is CC[N+]1(C)CCC(OC(C)=O)CC1.[Br-].c1ccc2c(C3CCCCC3)noc2c1. The predicted octanol–water partition coefficient (Wildman–Crippen LogP) is 2.06. The van der Waals surface area contributed by atoms with Gasteiger partial charge in [-0.1, -0.05) is 36.6 Å². The van der Waals surface area contributed by atoms with E-state index in [4.69, 9.17) is 9.26 Å². The Labute approximate surface area is 185 Å². The van der Waals surface area contributed by atoms with Gasteiger partial charge in [0.2, 0.25) is 0 Å². The van der Waals surface area contributed by atoms with Gasteiger partial charge in [-0.05, 0) is 31.9 Å². The van der Waals surface area contributed by atoms with Crippen molar-refractivity contribution in [2.75, 3.05) is 26.7 Å². The van der Waals surface area contributed by atoms with E-state index in [2.05, 4.69) is 31.3 Å². The maximum absolute atomic E-state index is 10.7. The second kappa shape index (κ2) is 11.1. The van der Waals surface area contributed by atoms with Crippen LogP contribution in [0.4, 0.5) is 0 Å². The molecule has 29 heavy (non-hydrogen) atoms. The van der Waals surface area contributed by atoms with Gasteiger partial charge in [-0.25, -0.2) is 0 Å². The summed E-state index contributed by atoms with van der Waals surface area (Å²) in [6.45, 7) is 7.14. The molecule has 1 saturated heterocycles. The lowest BCUT2D eigenvalue weighted by Gasteiger charge is -2.39. The average molecular weight is 467 g/mol. The highest BCUT2D eigenvalue weighted by atomic mass is 79.9. The highest BCUT2D eigenvalue weighted by Gasteiger charge is 2.29.